The predicted molar refractivity (Wildman–Crippen MR) is 55.8 cm³/mol. The number of nitrogens with zero attached hydrogens (tertiary/aromatic N) is 1. The van der Waals surface area contributed by atoms with Crippen molar-refractivity contribution < 1.29 is 17.6 Å². The average molecular weight is 269 g/mol. The molecule has 0 saturated carbocycles. The van der Waals surface area contributed by atoms with E-state index in [2.05, 4.69) is 0 Å². The van der Waals surface area contributed by atoms with E-state index in [-0.39, 0.29) is 24.4 Å². The normalized spacial score (nSPS) is 12.5. The van der Waals surface area contributed by atoms with E-state index in [1.165, 1.54) is 0 Å². The van der Waals surface area contributed by atoms with E-state index in [4.69, 9.17) is 11.0 Å². The van der Waals surface area contributed by atoms with Crippen LogP contribution in [0.2, 0.25) is 0 Å². The Labute approximate surface area is 101 Å². The minimum Gasteiger partial charge on any atom is -0.323 e. The molecule has 0 aliphatic heterocycles. The molecule has 0 aliphatic carbocycles. The molecule has 2 nitrogen and oxygen atoms in total. The fourth-order valence-corrected chi connectivity index (χ4v) is 1.26. The van der Waals surface area contributed by atoms with Gasteiger partial charge in [-0.25, -0.2) is 4.39 Å². The molecule has 7 heteroatoms. The highest BCUT2D eigenvalue weighted by atomic mass is 35.5. The average Bonchev–Trinajstić information content (AvgIpc) is 2.16. The Hall–Kier alpha value is -1.32. The van der Waals surface area contributed by atoms with Gasteiger partial charge in [0.15, 0.2) is 0 Å². The third kappa shape index (κ3) is 3.58. The Balaban J connectivity index is 0.00000256. The molecule has 0 heterocycles. The molecular weight excluding hydrogens is 260 g/mol. The number of nitriles is 1. The minimum atomic E-state index is -4.76. The second-order valence-electron chi connectivity index (χ2n) is 3.18. The summed E-state index contributed by atoms with van der Waals surface area (Å²) < 4.78 is 50.4. The molecule has 1 aromatic rings. The zero-order chi connectivity index (χ0) is 12.3. The lowest BCUT2D eigenvalue weighted by molar-refractivity contribution is -0.140. The number of rotatable bonds is 2. The first kappa shape index (κ1) is 15.7. The quantitative estimate of drug-likeness (QED) is 0.838. The lowest BCUT2D eigenvalue weighted by Gasteiger charge is -2.14. The molecule has 94 valence electrons. The zero-order valence-electron chi connectivity index (χ0n) is 8.46. The second kappa shape index (κ2) is 5.84. The van der Waals surface area contributed by atoms with E-state index in [9.17, 15) is 17.6 Å². The Morgan fingerprint density at radius 2 is 1.94 bits per heavy atom. The van der Waals surface area contributed by atoms with E-state index >= 15 is 0 Å². The molecule has 0 aromatic heterocycles. The van der Waals surface area contributed by atoms with E-state index in [0.29, 0.717) is 6.07 Å². The van der Waals surface area contributed by atoms with Crippen molar-refractivity contribution in [2.24, 2.45) is 5.73 Å². The maximum absolute atomic E-state index is 13.4. The highest BCUT2D eigenvalue weighted by molar-refractivity contribution is 5.85. The summed E-state index contributed by atoms with van der Waals surface area (Å²) in [4.78, 5) is 0. The standard InChI is InChI=1S/C10H8F4N2.ClH/c11-9-6(8(16)4-5-15)2-1-3-7(9)10(12,13)14;/h1-3,8H,4,16H2;1H/t8-;/m1./s1. The summed E-state index contributed by atoms with van der Waals surface area (Å²) in [5, 5.41) is 8.34. The van der Waals surface area contributed by atoms with Crippen LogP contribution in [0.4, 0.5) is 17.6 Å². The van der Waals surface area contributed by atoms with Crippen LogP contribution in [0.3, 0.4) is 0 Å². The monoisotopic (exact) mass is 268 g/mol. The molecule has 1 aromatic carbocycles. The summed E-state index contributed by atoms with van der Waals surface area (Å²) in [5.41, 5.74) is 3.73. The summed E-state index contributed by atoms with van der Waals surface area (Å²) >= 11 is 0. The van der Waals surface area contributed by atoms with Crippen LogP contribution < -0.4 is 5.73 Å². The SMILES string of the molecule is Cl.N#CC[C@@H](N)c1cccc(C(F)(F)F)c1F. The van der Waals surface area contributed by atoms with Crippen molar-refractivity contribution in [2.75, 3.05) is 0 Å². The van der Waals surface area contributed by atoms with Gasteiger partial charge in [0.2, 0.25) is 0 Å². The fraction of sp³-hybridized carbons (Fsp3) is 0.300. The van der Waals surface area contributed by atoms with Crippen molar-refractivity contribution in [1.29, 1.82) is 5.26 Å². The van der Waals surface area contributed by atoms with Gasteiger partial charge in [-0.2, -0.15) is 18.4 Å². The Morgan fingerprint density at radius 3 is 2.41 bits per heavy atom. The molecule has 0 aliphatic rings. The summed E-state index contributed by atoms with van der Waals surface area (Å²) in [7, 11) is 0. The topological polar surface area (TPSA) is 49.8 Å². The highest BCUT2D eigenvalue weighted by Crippen LogP contribution is 2.33. The van der Waals surface area contributed by atoms with Crippen molar-refractivity contribution in [3.8, 4) is 6.07 Å². The van der Waals surface area contributed by atoms with Crippen LogP contribution >= 0.6 is 12.4 Å². The maximum atomic E-state index is 13.4. The summed E-state index contributed by atoms with van der Waals surface area (Å²) in [6.07, 6.45) is -5.00. The molecule has 0 fully saturated rings. The number of hydrogen-bond donors (Lipinski definition) is 1. The number of benzene rings is 1. The molecule has 0 amide bonds. The Bertz CT molecular complexity index is 425. The van der Waals surface area contributed by atoms with Crippen LogP contribution in [0, 0.1) is 17.1 Å². The van der Waals surface area contributed by atoms with E-state index in [1.807, 2.05) is 0 Å². The van der Waals surface area contributed by atoms with Crippen molar-refractivity contribution in [3.05, 3.63) is 35.1 Å². The lowest BCUT2D eigenvalue weighted by atomic mass is 10.0. The molecule has 0 spiro atoms. The van der Waals surface area contributed by atoms with Gasteiger partial charge in [-0.05, 0) is 6.07 Å². The van der Waals surface area contributed by atoms with Crippen molar-refractivity contribution in [1.82, 2.24) is 0 Å². The van der Waals surface area contributed by atoms with Gasteiger partial charge >= 0.3 is 6.18 Å². The van der Waals surface area contributed by atoms with Crippen LogP contribution in [-0.4, -0.2) is 0 Å². The number of alkyl halides is 3. The molecule has 1 rings (SSSR count). The molecule has 1 atom stereocenters. The van der Waals surface area contributed by atoms with Gasteiger partial charge in [-0.1, -0.05) is 12.1 Å². The molecule has 0 unspecified atom stereocenters. The smallest absolute Gasteiger partial charge is 0.323 e. The molecule has 0 saturated heterocycles. The lowest BCUT2D eigenvalue weighted by Crippen LogP contribution is -2.15. The van der Waals surface area contributed by atoms with Crippen LogP contribution in [0.15, 0.2) is 18.2 Å². The van der Waals surface area contributed by atoms with Crippen molar-refractivity contribution in [2.45, 2.75) is 18.6 Å². The van der Waals surface area contributed by atoms with Gasteiger partial charge < -0.3 is 5.73 Å². The minimum absolute atomic E-state index is 0. The molecule has 0 bridgehead atoms. The molecule has 2 N–H and O–H groups in total. The van der Waals surface area contributed by atoms with E-state index < -0.39 is 23.6 Å². The summed E-state index contributed by atoms with van der Waals surface area (Å²) in [6.45, 7) is 0. The van der Waals surface area contributed by atoms with Gasteiger partial charge in [0.25, 0.3) is 0 Å². The van der Waals surface area contributed by atoms with Gasteiger partial charge in [0.1, 0.15) is 5.82 Å². The van der Waals surface area contributed by atoms with Crippen LogP contribution in [0.1, 0.15) is 23.6 Å². The third-order valence-electron chi connectivity index (χ3n) is 2.04. The van der Waals surface area contributed by atoms with Crippen molar-refractivity contribution in [3.63, 3.8) is 0 Å². The molecule has 0 radical (unpaired) electrons. The largest absolute Gasteiger partial charge is 0.419 e. The predicted octanol–water partition coefficient (Wildman–Crippen LogP) is 3.18. The third-order valence-corrected chi connectivity index (χ3v) is 2.04. The van der Waals surface area contributed by atoms with Crippen LogP contribution in [0.25, 0.3) is 0 Å². The molecule has 17 heavy (non-hydrogen) atoms. The second-order valence-corrected chi connectivity index (χ2v) is 3.18. The number of nitrogens with two attached hydrogens (primary N) is 1. The van der Waals surface area contributed by atoms with Gasteiger partial charge in [0.05, 0.1) is 18.1 Å². The van der Waals surface area contributed by atoms with E-state index in [0.717, 1.165) is 12.1 Å². The summed E-state index contributed by atoms with van der Waals surface area (Å²) in [5.74, 6) is -1.40. The Kier molecular flexibility index (Phi) is 5.39. The van der Waals surface area contributed by atoms with Gasteiger partial charge in [-0.15, -0.1) is 12.4 Å². The highest BCUT2D eigenvalue weighted by Gasteiger charge is 2.35. The first-order valence-corrected chi connectivity index (χ1v) is 4.36. The fourth-order valence-electron chi connectivity index (χ4n) is 1.26. The van der Waals surface area contributed by atoms with Crippen molar-refractivity contribution >= 4 is 12.4 Å². The van der Waals surface area contributed by atoms with Gasteiger partial charge in [0, 0.05) is 11.6 Å². The number of halogens is 5. The Morgan fingerprint density at radius 1 is 1.35 bits per heavy atom. The van der Waals surface area contributed by atoms with Gasteiger partial charge in [-0.3, -0.25) is 0 Å². The maximum Gasteiger partial charge on any atom is 0.419 e. The first-order chi connectivity index (χ1) is 7.38. The van der Waals surface area contributed by atoms with E-state index in [1.54, 1.807) is 6.07 Å². The first-order valence-electron chi connectivity index (χ1n) is 4.36. The summed E-state index contributed by atoms with van der Waals surface area (Å²) in [6, 6.07) is 3.48. The van der Waals surface area contributed by atoms with Crippen LogP contribution in [-0.2, 0) is 6.18 Å². The van der Waals surface area contributed by atoms with Crippen LogP contribution in [0.5, 0.6) is 0 Å². The molecular formula is C10H9ClF4N2. The zero-order valence-corrected chi connectivity index (χ0v) is 9.28. The number of hydrogen-bond acceptors (Lipinski definition) is 2.